The molecule has 0 unspecified atom stereocenters. The van der Waals surface area contributed by atoms with Crippen LogP contribution in [0.5, 0.6) is 0 Å². The van der Waals surface area contributed by atoms with E-state index in [1.165, 1.54) is 6.33 Å². The Kier molecular flexibility index (Phi) is 6.38. The van der Waals surface area contributed by atoms with Gasteiger partial charge in [-0.05, 0) is 42.7 Å². The summed E-state index contributed by atoms with van der Waals surface area (Å²) in [6.45, 7) is 5.17. The van der Waals surface area contributed by atoms with Gasteiger partial charge in [0.15, 0.2) is 11.6 Å². The van der Waals surface area contributed by atoms with Crippen molar-refractivity contribution in [3.63, 3.8) is 0 Å². The van der Waals surface area contributed by atoms with Gasteiger partial charge in [0, 0.05) is 44.8 Å². The average molecular weight is 450 g/mol. The van der Waals surface area contributed by atoms with Crippen LogP contribution >= 0.6 is 0 Å². The minimum Gasteiger partial charge on any atom is -0.378 e. The van der Waals surface area contributed by atoms with Gasteiger partial charge >= 0.3 is 0 Å². The number of pyridine rings is 1. The first-order valence-electron chi connectivity index (χ1n) is 11.3. The summed E-state index contributed by atoms with van der Waals surface area (Å²) in [6.07, 6.45) is 6.42. The number of amides is 1. The third-order valence-corrected chi connectivity index (χ3v) is 6.09. The first-order valence-corrected chi connectivity index (χ1v) is 11.3. The second-order valence-corrected chi connectivity index (χ2v) is 8.19. The van der Waals surface area contributed by atoms with Crippen molar-refractivity contribution in [1.29, 1.82) is 0 Å². The van der Waals surface area contributed by atoms with E-state index in [1.54, 1.807) is 17.2 Å². The summed E-state index contributed by atoms with van der Waals surface area (Å²) in [5, 5.41) is 15.7. The van der Waals surface area contributed by atoms with Crippen molar-refractivity contribution < 1.29 is 9.53 Å². The summed E-state index contributed by atoms with van der Waals surface area (Å²) in [4.78, 5) is 25.5. The zero-order valence-corrected chi connectivity index (χ0v) is 18.4. The second kappa shape index (κ2) is 9.90. The molecule has 0 saturated carbocycles. The minimum absolute atomic E-state index is 0.00387. The van der Waals surface area contributed by atoms with E-state index in [0.29, 0.717) is 12.4 Å². The predicted molar refractivity (Wildman–Crippen MR) is 121 cm³/mol. The lowest BCUT2D eigenvalue weighted by Gasteiger charge is -2.31. The van der Waals surface area contributed by atoms with E-state index < -0.39 is 0 Å². The fourth-order valence-corrected chi connectivity index (χ4v) is 4.18. The van der Waals surface area contributed by atoms with E-state index in [9.17, 15) is 4.79 Å². The van der Waals surface area contributed by atoms with Gasteiger partial charge in [-0.1, -0.05) is 0 Å². The van der Waals surface area contributed by atoms with Crippen molar-refractivity contribution in [2.24, 2.45) is 5.92 Å². The second-order valence-electron chi connectivity index (χ2n) is 8.19. The van der Waals surface area contributed by atoms with Crippen LogP contribution in [-0.2, 0) is 16.1 Å². The monoisotopic (exact) mass is 449 g/mol. The van der Waals surface area contributed by atoms with Gasteiger partial charge in [-0.15, -0.1) is 10.2 Å². The molecule has 2 aliphatic rings. The Morgan fingerprint density at radius 2 is 1.76 bits per heavy atom. The maximum atomic E-state index is 12.8. The number of morpholine rings is 1. The minimum atomic E-state index is 0.00387. The number of nitrogens with one attached hydrogen (secondary N) is 1. The molecule has 0 radical (unpaired) electrons. The van der Waals surface area contributed by atoms with E-state index in [1.807, 2.05) is 18.2 Å². The Hall–Kier alpha value is -3.60. The smallest absolute Gasteiger partial charge is 0.223 e. The number of piperidine rings is 1. The van der Waals surface area contributed by atoms with Crippen molar-refractivity contribution in [2.45, 2.75) is 19.4 Å². The number of nitrogens with zero attached hydrogens (tertiary/aromatic N) is 8. The van der Waals surface area contributed by atoms with Gasteiger partial charge < -0.3 is 19.9 Å². The number of aromatic nitrogens is 6. The number of anilines is 2. The van der Waals surface area contributed by atoms with Crippen molar-refractivity contribution in [3.8, 4) is 5.82 Å². The van der Waals surface area contributed by atoms with Crippen molar-refractivity contribution >= 4 is 17.5 Å². The lowest BCUT2D eigenvalue weighted by Crippen LogP contribution is -2.40. The Morgan fingerprint density at radius 3 is 2.48 bits per heavy atom. The maximum absolute atomic E-state index is 12.8. The number of carbonyl (C=O) groups is 1. The molecule has 11 nitrogen and oxygen atoms in total. The lowest BCUT2D eigenvalue weighted by atomic mass is 9.96. The summed E-state index contributed by atoms with van der Waals surface area (Å²) >= 11 is 0. The molecule has 5 rings (SSSR count). The SMILES string of the molecule is O=C(NCc1ccnc(N2CCOCC2)c1)C1CCN(c2ccc(-n3cncn3)nn2)CC1. The van der Waals surface area contributed by atoms with Crippen LogP contribution in [0.4, 0.5) is 11.6 Å². The average Bonchev–Trinajstić information content (AvgIpc) is 3.43. The van der Waals surface area contributed by atoms with Crippen molar-refractivity contribution in [1.82, 2.24) is 35.3 Å². The van der Waals surface area contributed by atoms with Crippen molar-refractivity contribution in [2.75, 3.05) is 49.2 Å². The number of rotatable bonds is 6. The Labute approximate surface area is 191 Å². The first-order chi connectivity index (χ1) is 16.3. The normalized spacial score (nSPS) is 17.2. The van der Waals surface area contributed by atoms with Gasteiger partial charge in [-0.2, -0.15) is 5.10 Å². The topological polar surface area (TPSA) is 114 Å². The van der Waals surface area contributed by atoms with Gasteiger partial charge in [0.1, 0.15) is 18.5 Å². The van der Waals surface area contributed by atoms with E-state index in [-0.39, 0.29) is 11.8 Å². The van der Waals surface area contributed by atoms with E-state index in [4.69, 9.17) is 4.74 Å². The first kappa shape index (κ1) is 21.3. The highest BCUT2D eigenvalue weighted by Crippen LogP contribution is 2.22. The Morgan fingerprint density at radius 1 is 1.00 bits per heavy atom. The molecule has 5 heterocycles. The third kappa shape index (κ3) is 5.08. The van der Waals surface area contributed by atoms with Crippen LogP contribution in [0.25, 0.3) is 5.82 Å². The molecule has 1 amide bonds. The van der Waals surface area contributed by atoms with E-state index >= 15 is 0 Å². The molecule has 0 spiro atoms. The molecule has 0 atom stereocenters. The fourth-order valence-electron chi connectivity index (χ4n) is 4.18. The number of hydrogen-bond acceptors (Lipinski definition) is 9. The summed E-state index contributed by atoms with van der Waals surface area (Å²) < 4.78 is 6.98. The molecule has 2 aliphatic heterocycles. The molecule has 3 aromatic rings. The zero-order valence-electron chi connectivity index (χ0n) is 18.4. The van der Waals surface area contributed by atoms with Crippen LogP contribution in [-0.4, -0.2) is 75.2 Å². The van der Waals surface area contributed by atoms with Gasteiger partial charge in [0.25, 0.3) is 0 Å². The summed E-state index contributed by atoms with van der Waals surface area (Å²) in [7, 11) is 0. The highest BCUT2D eigenvalue weighted by molar-refractivity contribution is 5.79. The standard InChI is InChI=1S/C22H27N9O2/c32-22(25-14-17-3-6-24-21(13-17)30-9-11-33-12-10-30)18-4-7-29(8-5-18)19-1-2-20(28-27-19)31-16-23-15-26-31/h1-3,6,13,15-16,18H,4-5,7-12,14H2,(H,25,32). The van der Waals surface area contributed by atoms with Crippen LogP contribution in [0, 0.1) is 5.92 Å². The molecule has 2 fully saturated rings. The molecular weight excluding hydrogens is 422 g/mol. The molecule has 11 heteroatoms. The number of hydrogen-bond donors (Lipinski definition) is 1. The molecule has 3 aromatic heterocycles. The van der Waals surface area contributed by atoms with Gasteiger partial charge in [0.05, 0.1) is 13.2 Å². The molecule has 2 saturated heterocycles. The Balaban J connectivity index is 1.11. The van der Waals surface area contributed by atoms with Crippen LogP contribution in [0.1, 0.15) is 18.4 Å². The van der Waals surface area contributed by atoms with E-state index in [0.717, 1.165) is 69.4 Å². The third-order valence-electron chi connectivity index (χ3n) is 6.09. The predicted octanol–water partition coefficient (Wildman–Crippen LogP) is 0.822. The van der Waals surface area contributed by atoms with Crippen LogP contribution < -0.4 is 15.1 Å². The van der Waals surface area contributed by atoms with Crippen molar-refractivity contribution in [3.05, 3.63) is 48.7 Å². The Bertz CT molecular complexity index is 1040. The molecule has 1 N–H and O–H groups in total. The highest BCUT2D eigenvalue weighted by atomic mass is 16.5. The summed E-state index contributed by atoms with van der Waals surface area (Å²) in [6, 6.07) is 7.81. The van der Waals surface area contributed by atoms with Crippen LogP contribution in [0.2, 0.25) is 0 Å². The number of carbonyl (C=O) groups excluding carboxylic acids is 1. The van der Waals surface area contributed by atoms with Gasteiger partial charge in [0.2, 0.25) is 5.91 Å². The summed E-state index contributed by atoms with van der Waals surface area (Å²) in [5.74, 6) is 2.48. The largest absolute Gasteiger partial charge is 0.378 e. The molecule has 33 heavy (non-hydrogen) atoms. The fraction of sp³-hybridized carbons (Fsp3) is 0.455. The summed E-state index contributed by atoms with van der Waals surface area (Å²) in [5.41, 5.74) is 1.06. The molecule has 0 bridgehead atoms. The van der Waals surface area contributed by atoms with Gasteiger partial charge in [-0.25, -0.2) is 14.6 Å². The lowest BCUT2D eigenvalue weighted by molar-refractivity contribution is -0.125. The van der Waals surface area contributed by atoms with Crippen LogP contribution in [0.3, 0.4) is 0 Å². The zero-order chi connectivity index (χ0) is 22.5. The maximum Gasteiger partial charge on any atom is 0.223 e. The molecule has 172 valence electrons. The molecule has 0 aliphatic carbocycles. The highest BCUT2D eigenvalue weighted by Gasteiger charge is 2.25. The molecule has 0 aromatic carbocycles. The van der Waals surface area contributed by atoms with E-state index in [2.05, 4.69) is 46.4 Å². The van der Waals surface area contributed by atoms with Crippen LogP contribution in [0.15, 0.2) is 43.1 Å². The molecular formula is C22H27N9O2. The van der Waals surface area contributed by atoms with Gasteiger partial charge in [-0.3, -0.25) is 4.79 Å². The quantitative estimate of drug-likeness (QED) is 0.584. The number of ether oxygens (including phenoxy) is 1.